The molecule has 3 aromatic rings. The van der Waals surface area contributed by atoms with Crippen LogP contribution in [0.2, 0.25) is 5.02 Å². The topological polar surface area (TPSA) is 55.2 Å². The van der Waals surface area contributed by atoms with Crippen molar-refractivity contribution in [2.75, 3.05) is 18.5 Å². The number of hydrogen-bond acceptors (Lipinski definition) is 4. The minimum absolute atomic E-state index is 0.0569. The molecule has 30 heavy (non-hydrogen) atoms. The Balaban J connectivity index is 2.45. The molecule has 3 rings (SSSR count). The molecule has 9 heteroatoms. The summed E-state index contributed by atoms with van der Waals surface area (Å²) in [5.74, 6) is -3.15. The number of anilines is 1. The predicted octanol–water partition coefficient (Wildman–Crippen LogP) is 4.75. The van der Waals surface area contributed by atoms with E-state index in [0.29, 0.717) is 12.6 Å². The highest BCUT2D eigenvalue weighted by molar-refractivity contribution is 6.32. The first-order valence-corrected chi connectivity index (χ1v) is 9.52. The van der Waals surface area contributed by atoms with E-state index in [-0.39, 0.29) is 39.0 Å². The van der Waals surface area contributed by atoms with Gasteiger partial charge >= 0.3 is 0 Å². The first kappa shape index (κ1) is 21.8. The van der Waals surface area contributed by atoms with Crippen molar-refractivity contribution in [1.82, 2.24) is 9.55 Å². The summed E-state index contributed by atoms with van der Waals surface area (Å²) >= 11 is 6.07. The van der Waals surface area contributed by atoms with Crippen LogP contribution >= 0.6 is 11.6 Å². The molecule has 158 valence electrons. The predicted molar refractivity (Wildman–Crippen MR) is 110 cm³/mol. The summed E-state index contributed by atoms with van der Waals surface area (Å²) in [7, 11) is 1.63. The van der Waals surface area contributed by atoms with Crippen LogP contribution in [-0.2, 0) is 0 Å². The molecule has 2 aromatic heterocycles. The van der Waals surface area contributed by atoms with Crippen LogP contribution in [0.25, 0.3) is 16.7 Å². The first-order valence-electron chi connectivity index (χ1n) is 9.14. The van der Waals surface area contributed by atoms with Crippen molar-refractivity contribution < 1.29 is 18.0 Å². The summed E-state index contributed by atoms with van der Waals surface area (Å²) in [6.07, 6.45) is 1.09. The van der Waals surface area contributed by atoms with E-state index in [4.69, 9.17) is 11.6 Å². The Morgan fingerprint density at radius 2 is 1.87 bits per heavy atom. The van der Waals surface area contributed by atoms with Crippen molar-refractivity contribution >= 4 is 34.2 Å². The van der Waals surface area contributed by atoms with Gasteiger partial charge in [-0.25, -0.2) is 18.2 Å². The molecule has 0 aliphatic heterocycles. The van der Waals surface area contributed by atoms with Crippen molar-refractivity contribution in [2.24, 2.45) is 5.92 Å². The van der Waals surface area contributed by atoms with Gasteiger partial charge in [-0.1, -0.05) is 25.4 Å². The van der Waals surface area contributed by atoms with Gasteiger partial charge in [0.25, 0.3) is 0 Å². The number of halogens is 4. The number of benzene rings is 1. The van der Waals surface area contributed by atoms with Gasteiger partial charge in [-0.15, -0.1) is 0 Å². The Labute approximate surface area is 175 Å². The van der Waals surface area contributed by atoms with Crippen LogP contribution in [-0.4, -0.2) is 28.9 Å². The summed E-state index contributed by atoms with van der Waals surface area (Å²) in [5.41, 5.74) is -1.45. The molecule has 0 atom stereocenters. The van der Waals surface area contributed by atoms with Crippen molar-refractivity contribution in [3.63, 3.8) is 0 Å². The zero-order chi connectivity index (χ0) is 22.3. The van der Waals surface area contributed by atoms with E-state index in [1.165, 1.54) is 0 Å². The van der Waals surface area contributed by atoms with Gasteiger partial charge in [0.15, 0.2) is 28.9 Å². The molecule has 0 saturated heterocycles. The molecule has 2 heterocycles. The lowest BCUT2D eigenvalue weighted by molar-refractivity contribution is 0.101. The SMILES string of the molecule is CC(=O)c1cn(-c2c(F)cc(F)cc2Cl)c2nc(N(C)CC(C)C)c(F)cc2c1=O. The van der Waals surface area contributed by atoms with E-state index in [0.717, 1.165) is 29.8 Å². The lowest BCUT2D eigenvalue weighted by Gasteiger charge is -2.22. The highest BCUT2D eigenvalue weighted by Crippen LogP contribution is 2.29. The second-order valence-electron chi connectivity index (χ2n) is 7.46. The second kappa shape index (κ2) is 8.10. The first-order chi connectivity index (χ1) is 14.0. The highest BCUT2D eigenvalue weighted by Gasteiger charge is 2.22. The number of aromatic nitrogens is 2. The minimum Gasteiger partial charge on any atom is -0.357 e. The Hall–Kier alpha value is -2.87. The van der Waals surface area contributed by atoms with Gasteiger partial charge in [-0.2, -0.15) is 0 Å². The molecular formula is C21H19ClF3N3O2. The number of nitrogens with zero attached hydrogens (tertiary/aromatic N) is 3. The van der Waals surface area contributed by atoms with Gasteiger partial charge in [-0.3, -0.25) is 14.2 Å². The van der Waals surface area contributed by atoms with E-state index in [1.807, 2.05) is 13.8 Å². The summed E-state index contributed by atoms with van der Waals surface area (Å²) in [6.45, 7) is 5.51. The van der Waals surface area contributed by atoms with E-state index < -0.39 is 28.7 Å². The molecule has 1 aromatic carbocycles. The van der Waals surface area contributed by atoms with Gasteiger partial charge < -0.3 is 4.90 Å². The Bertz CT molecular complexity index is 1200. The third-order valence-electron chi connectivity index (χ3n) is 4.52. The molecule has 0 radical (unpaired) electrons. The fourth-order valence-corrected chi connectivity index (χ4v) is 3.59. The third kappa shape index (κ3) is 3.92. The van der Waals surface area contributed by atoms with Crippen LogP contribution in [0.3, 0.4) is 0 Å². The zero-order valence-electron chi connectivity index (χ0n) is 16.8. The molecule has 0 aliphatic rings. The van der Waals surface area contributed by atoms with Crippen LogP contribution in [0, 0.1) is 23.4 Å². The maximum absolute atomic E-state index is 14.8. The van der Waals surface area contributed by atoms with Crippen molar-refractivity contribution in [3.05, 3.63) is 62.7 Å². The van der Waals surface area contributed by atoms with E-state index in [1.54, 1.807) is 11.9 Å². The standard InChI is InChI=1S/C21H19ClF3N3O2/c1-10(2)8-27(4)21-17(25)7-13-19(30)14(11(3)29)9-28(20(13)26-21)18-15(22)5-12(23)6-16(18)24/h5-7,9-10H,8H2,1-4H3. The lowest BCUT2D eigenvalue weighted by Crippen LogP contribution is -2.26. The Morgan fingerprint density at radius 3 is 2.43 bits per heavy atom. The summed E-state index contributed by atoms with van der Waals surface area (Å²) in [4.78, 5) is 30.5. The van der Waals surface area contributed by atoms with Gasteiger partial charge in [0.2, 0.25) is 5.43 Å². The number of pyridine rings is 2. The molecule has 0 N–H and O–H groups in total. The van der Waals surface area contributed by atoms with Crippen LogP contribution in [0.5, 0.6) is 0 Å². The third-order valence-corrected chi connectivity index (χ3v) is 4.80. The van der Waals surface area contributed by atoms with Crippen molar-refractivity contribution in [1.29, 1.82) is 0 Å². The molecule has 0 amide bonds. The minimum atomic E-state index is -1.03. The van der Waals surface area contributed by atoms with Crippen molar-refractivity contribution in [2.45, 2.75) is 20.8 Å². The van der Waals surface area contributed by atoms with Crippen molar-refractivity contribution in [3.8, 4) is 5.69 Å². The maximum Gasteiger partial charge on any atom is 0.201 e. The number of Topliss-reactive ketones (excluding diaryl/α,β-unsaturated/α-hetero) is 1. The normalized spacial score (nSPS) is 11.4. The van der Waals surface area contributed by atoms with Crippen LogP contribution in [0.4, 0.5) is 19.0 Å². The Kier molecular flexibility index (Phi) is 5.90. The zero-order valence-corrected chi connectivity index (χ0v) is 17.5. The molecule has 5 nitrogen and oxygen atoms in total. The van der Waals surface area contributed by atoms with Gasteiger partial charge in [0.05, 0.1) is 16.0 Å². The van der Waals surface area contributed by atoms with Crippen LogP contribution < -0.4 is 10.3 Å². The lowest BCUT2D eigenvalue weighted by atomic mass is 10.1. The van der Waals surface area contributed by atoms with Gasteiger partial charge in [0.1, 0.15) is 11.5 Å². The number of hydrogen-bond donors (Lipinski definition) is 0. The molecule has 0 spiro atoms. The number of carbonyl (C=O) groups excluding carboxylic acids is 1. The quantitative estimate of drug-likeness (QED) is 0.540. The fourth-order valence-electron chi connectivity index (χ4n) is 3.30. The van der Waals surface area contributed by atoms with Gasteiger partial charge in [-0.05, 0) is 25.0 Å². The molecule has 0 saturated carbocycles. The smallest absolute Gasteiger partial charge is 0.201 e. The van der Waals surface area contributed by atoms with E-state index >= 15 is 0 Å². The summed E-state index contributed by atoms with van der Waals surface area (Å²) in [6, 6.07) is 2.48. The largest absolute Gasteiger partial charge is 0.357 e. The van der Waals surface area contributed by atoms with Crippen LogP contribution in [0.1, 0.15) is 31.1 Å². The summed E-state index contributed by atoms with van der Waals surface area (Å²) in [5, 5.41) is -0.517. The monoisotopic (exact) mass is 437 g/mol. The second-order valence-corrected chi connectivity index (χ2v) is 7.86. The number of carbonyl (C=O) groups is 1. The summed E-state index contributed by atoms with van der Waals surface area (Å²) < 4.78 is 44.1. The molecule has 0 fully saturated rings. The average Bonchev–Trinajstić information content (AvgIpc) is 2.61. The molecular weight excluding hydrogens is 419 g/mol. The Morgan fingerprint density at radius 1 is 1.20 bits per heavy atom. The van der Waals surface area contributed by atoms with E-state index in [9.17, 15) is 22.8 Å². The fraction of sp³-hybridized carbons (Fsp3) is 0.286. The number of rotatable bonds is 5. The number of ketones is 1. The van der Waals surface area contributed by atoms with Gasteiger partial charge in [0, 0.05) is 25.9 Å². The van der Waals surface area contributed by atoms with Crippen LogP contribution in [0.15, 0.2) is 29.2 Å². The molecule has 0 aliphatic carbocycles. The molecule has 0 bridgehead atoms. The number of fused-ring (bicyclic) bond motifs is 1. The maximum atomic E-state index is 14.8. The van der Waals surface area contributed by atoms with E-state index in [2.05, 4.69) is 4.98 Å². The molecule has 0 unspecified atom stereocenters. The average molecular weight is 438 g/mol. The highest BCUT2D eigenvalue weighted by atomic mass is 35.5.